The second kappa shape index (κ2) is 6.47. The first-order valence-corrected chi connectivity index (χ1v) is 6.74. The molecule has 6 heteroatoms. The van der Waals surface area contributed by atoms with Gasteiger partial charge in [0.15, 0.2) is 0 Å². The Hall–Kier alpha value is -1.95. The van der Waals surface area contributed by atoms with E-state index >= 15 is 0 Å². The Balaban J connectivity index is 1.92. The number of aryl methyl sites for hydroxylation is 1. The standard InChI is InChI=1S/C14H13F2NO2S/c1-9-2-7-12(20-9)8-17-13(18)10-3-5-11(6-4-10)19-14(15)16/h2-7,14H,8H2,1H3,(H,17,18). The maximum Gasteiger partial charge on any atom is 0.387 e. The van der Waals surface area contributed by atoms with Gasteiger partial charge >= 0.3 is 6.61 Å². The third-order valence-electron chi connectivity index (χ3n) is 2.56. The van der Waals surface area contributed by atoms with E-state index in [1.54, 1.807) is 11.3 Å². The van der Waals surface area contributed by atoms with E-state index in [1.165, 1.54) is 29.1 Å². The van der Waals surface area contributed by atoms with Crippen LogP contribution in [0.25, 0.3) is 0 Å². The molecule has 0 spiro atoms. The van der Waals surface area contributed by atoms with Crippen molar-refractivity contribution in [2.75, 3.05) is 0 Å². The predicted molar refractivity (Wildman–Crippen MR) is 73.3 cm³/mol. The minimum absolute atomic E-state index is 0.0328. The number of thiophene rings is 1. The number of hydrogen-bond donors (Lipinski definition) is 1. The molecule has 1 amide bonds. The van der Waals surface area contributed by atoms with Gasteiger partial charge in [-0.3, -0.25) is 4.79 Å². The molecular formula is C14H13F2NO2S. The molecule has 0 saturated carbocycles. The first-order valence-electron chi connectivity index (χ1n) is 5.93. The lowest BCUT2D eigenvalue weighted by atomic mass is 10.2. The van der Waals surface area contributed by atoms with Crippen LogP contribution in [-0.4, -0.2) is 12.5 Å². The Bertz CT molecular complexity index is 581. The molecule has 0 fully saturated rings. The summed E-state index contributed by atoms with van der Waals surface area (Å²) >= 11 is 1.62. The maximum atomic E-state index is 12.0. The van der Waals surface area contributed by atoms with E-state index in [2.05, 4.69) is 10.1 Å². The summed E-state index contributed by atoms with van der Waals surface area (Å²) in [5.41, 5.74) is 0.403. The maximum absolute atomic E-state index is 12.0. The quantitative estimate of drug-likeness (QED) is 0.916. The van der Waals surface area contributed by atoms with E-state index in [0.717, 1.165) is 4.88 Å². The highest BCUT2D eigenvalue weighted by atomic mass is 32.1. The molecule has 3 nitrogen and oxygen atoms in total. The molecule has 1 aromatic heterocycles. The Morgan fingerprint density at radius 2 is 1.95 bits per heavy atom. The third kappa shape index (κ3) is 4.03. The van der Waals surface area contributed by atoms with Crippen molar-refractivity contribution in [1.82, 2.24) is 5.32 Å². The zero-order valence-electron chi connectivity index (χ0n) is 10.7. The topological polar surface area (TPSA) is 38.3 Å². The molecule has 1 aromatic carbocycles. The minimum atomic E-state index is -2.86. The molecule has 1 N–H and O–H groups in total. The van der Waals surface area contributed by atoms with E-state index in [0.29, 0.717) is 12.1 Å². The van der Waals surface area contributed by atoms with Gasteiger partial charge in [-0.05, 0) is 43.3 Å². The van der Waals surface area contributed by atoms with Gasteiger partial charge in [-0.2, -0.15) is 8.78 Å². The summed E-state index contributed by atoms with van der Waals surface area (Å²) < 4.78 is 28.2. The Morgan fingerprint density at radius 3 is 2.50 bits per heavy atom. The van der Waals surface area contributed by atoms with Crippen LogP contribution < -0.4 is 10.1 Å². The van der Waals surface area contributed by atoms with Crippen molar-refractivity contribution in [3.8, 4) is 5.75 Å². The van der Waals surface area contributed by atoms with E-state index in [1.807, 2.05) is 19.1 Å². The van der Waals surface area contributed by atoms with Crippen molar-refractivity contribution in [3.63, 3.8) is 0 Å². The lowest BCUT2D eigenvalue weighted by Crippen LogP contribution is -2.22. The number of rotatable bonds is 5. The van der Waals surface area contributed by atoms with E-state index in [-0.39, 0.29) is 11.7 Å². The van der Waals surface area contributed by atoms with Crippen LogP contribution in [0.5, 0.6) is 5.75 Å². The fourth-order valence-corrected chi connectivity index (χ4v) is 2.47. The number of hydrogen-bond acceptors (Lipinski definition) is 3. The van der Waals surface area contributed by atoms with Crippen LogP contribution in [0.2, 0.25) is 0 Å². The fraction of sp³-hybridized carbons (Fsp3) is 0.214. The zero-order valence-corrected chi connectivity index (χ0v) is 11.5. The van der Waals surface area contributed by atoms with Gasteiger partial charge in [-0.15, -0.1) is 11.3 Å². The summed E-state index contributed by atoms with van der Waals surface area (Å²) in [6.45, 7) is -0.415. The number of amides is 1. The van der Waals surface area contributed by atoms with E-state index in [4.69, 9.17) is 0 Å². The number of benzene rings is 1. The van der Waals surface area contributed by atoms with Crippen molar-refractivity contribution in [1.29, 1.82) is 0 Å². The van der Waals surface area contributed by atoms with Gasteiger partial charge in [0.25, 0.3) is 5.91 Å². The molecular weight excluding hydrogens is 284 g/mol. The fourth-order valence-electron chi connectivity index (χ4n) is 1.64. The molecule has 0 aliphatic heterocycles. The molecule has 0 aliphatic rings. The minimum Gasteiger partial charge on any atom is -0.435 e. The monoisotopic (exact) mass is 297 g/mol. The molecule has 0 aliphatic carbocycles. The largest absolute Gasteiger partial charge is 0.435 e. The van der Waals surface area contributed by atoms with Crippen LogP contribution in [-0.2, 0) is 6.54 Å². The highest BCUT2D eigenvalue weighted by molar-refractivity contribution is 7.11. The molecule has 20 heavy (non-hydrogen) atoms. The molecule has 0 radical (unpaired) electrons. The number of halogens is 2. The average molecular weight is 297 g/mol. The second-order valence-electron chi connectivity index (χ2n) is 4.10. The lowest BCUT2D eigenvalue weighted by Gasteiger charge is -2.06. The van der Waals surface area contributed by atoms with Crippen LogP contribution in [0, 0.1) is 6.92 Å². The summed E-state index contributed by atoms with van der Waals surface area (Å²) in [4.78, 5) is 14.1. The number of nitrogens with one attached hydrogen (secondary N) is 1. The summed E-state index contributed by atoms with van der Waals surface area (Å²) in [7, 11) is 0. The van der Waals surface area contributed by atoms with Gasteiger partial charge in [0.05, 0.1) is 6.54 Å². The summed E-state index contributed by atoms with van der Waals surface area (Å²) in [6, 6.07) is 9.54. The Labute approximate surface area is 119 Å². The van der Waals surface area contributed by atoms with Gasteiger partial charge < -0.3 is 10.1 Å². The molecule has 0 unspecified atom stereocenters. The zero-order chi connectivity index (χ0) is 14.5. The van der Waals surface area contributed by atoms with E-state index < -0.39 is 6.61 Å². The predicted octanol–water partition coefficient (Wildman–Crippen LogP) is 3.59. The Morgan fingerprint density at radius 1 is 1.25 bits per heavy atom. The first-order chi connectivity index (χ1) is 9.54. The lowest BCUT2D eigenvalue weighted by molar-refractivity contribution is -0.0498. The van der Waals surface area contributed by atoms with Gasteiger partial charge in [-0.25, -0.2) is 0 Å². The highest BCUT2D eigenvalue weighted by Crippen LogP contribution is 2.16. The number of carbonyl (C=O) groups excluding carboxylic acids is 1. The molecule has 0 saturated heterocycles. The van der Waals surface area contributed by atoms with Gasteiger partial charge in [0, 0.05) is 15.3 Å². The van der Waals surface area contributed by atoms with Gasteiger partial charge in [0.2, 0.25) is 0 Å². The van der Waals surface area contributed by atoms with E-state index in [9.17, 15) is 13.6 Å². The van der Waals surface area contributed by atoms with Crippen molar-refractivity contribution >= 4 is 17.2 Å². The van der Waals surface area contributed by atoms with Crippen molar-refractivity contribution in [2.45, 2.75) is 20.1 Å². The van der Waals surface area contributed by atoms with Crippen LogP contribution >= 0.6 is 11.3 Å². The molecule has 0 bridgehead atoms. The number of carbonyl (C=O) groups is 1. The van der Waals surface area contributed by atoms with Gasteiger partial charge in [0.1, 0.15) is 5.75 Å². The highest BCUT2D eigenvalue weighted by Gasteiger charge is 2.08. The van der Waals surface area contributed by atoms with Crippen LogP contribution in [0.3, 0.4) is 0 Å². The van der Waals surface area contributed by atoms with Crippen LogP contribution in [0.15, 0.2) is 36.4 Å². The summed E-state index contributed by atoms with van der Waals surface area (Å²) in [6.07, 6.45) is 0. The summed E-state index contributed by atoms with van der Waals surface area (Å²) in [5.74, 6) is -0.218. The molecule has 106 valence electrons. The van der Waals surface area contributed by atoms with Crippen molar-refractivity contribution < 1.29 is 18.3 Å². The normalized spacial score (nSPS) is 10.6. The number of ether oxygens (including phenoxy) is 1. The average Bonchev–Trinajstić information content (AvgIpc) is 2.82. The van der Waals surface area contributed by atoms with Crippen molar-refractivity contribution in [3.05, 3.63) is 51.7 Å². The van der Waals surface area contributed by atoms with Crippen molar-refractivity contribution in [2.24, 2.45) is 0 Å². The second-order valence-corrected chi connectivity index (χ2v) is 5.47. The third-order valence-corrected chi connectivity index (χ3v) is 3.56. The smallest absolute Gasteiger partial charge is 0.387 e. The van der Waals surface area contributed by atoms with Crippen LogP contribution in [0.1, 0.15) is 20.1 Å². The molecule has 2 aromatic rings. The summed E-state index contributed by atoms with van der Waals surface area (Å²) in [5, 5.41) is 2.77. The van der Waals surface area contributed by atoms with Crippen LogP contribution in [0.4, 0.5) is 8.78 Å². The Kier molecular flexibility index (Phi) is 4.68. The molecule has 0 atom stereocenters. The molecule has 1 heterocycles. The van der Waals surface area contributed by atoms with Gasteiger partial charge in [-0.1, -0.05) is 0 Å². The SMILES string of the molecule is Cc1ccc(CNC(=O)c2ccc(OC(F)F)cc2)s1. The first kappa shape index (κ1) is 14.5. The molecule has 2 rings (SSSR count). The number of alkyl halides is 2.